The average molecular weight is 213 g/mol. The van der Waals surface area contributed by atoms with Gasteiger partial charge in [0.1, 0.15) is 0 Å². The molecule has 0 aliphatic heterocycles. The summed E-state index contributed by atoms with van der Waals surface area (Å²) in [4.78, 5) is 0. The number of hydrogen-bond acceptors (Lipinski definition) is 2. The highest BCUT2D eigenvalue weighted by Crippen LogP contribution is 2.24. The molecule has 5 heteroatoms. The Kier molecular flexibility index (Phi) is 4.88. The Morgan fingerprint density at radius 2 is 1.71 bits per heavy atom. The molecular weight excluding hydrogens is 195 g/mol. The fourth-order valence-corrected chi connectivity index (χ4v) is 0.989. The highest BCUT2D eigenvalue weighted by Gasteiger charge is 2.29. The smallest absolute Gasteiger partial charge is 0.376 e. The SMILES string of the molecule is CC(C)(C)C(CN)OCCC(F)(F)F. The molecule has 0 fully saturated rings. The summed E-state index contributed by atoms with van der Waals surface area (Å²) in [5.74, 6) is 0. The van der Waals surface area contributed by atoms with Gasteiger partial charge in [0.25, 0.3) is 0 Å². The highest BCUT2D eigenvalue weighted by molar-refractivity contribution is 4.75. The van der Waals surface area contributed by atoms with Crippen molar-refractivity contribution in [3.63, 3.8) is 0 Å². The Hall–Kier alpha value is -0.290. The number of ether oxygens (including phenoxy) is 1. The maximum absolute atomic E-state index is 11.8. The van der Waals surface area contributed by atoms with Gasteiger partial charge in [-0.25, -0.2) is 0 Å². The molecule has 14 heavy (non-hydrogen) atoms. The van der Waals surface area contributed by atoms with Crippen LogP contribution < -0.4 is 5.73 Å². The van der Waals surface area contributed by atoms with E-state index in [9.17, 15) is 13.2 Å². The molecule has 2 nitrogen and oxygen atoms in total. The highest BCUT2D eigenvalue weighted by atomic mass is 19.4. The molecule has 0 bridgehead atoms. The lowest BCUT2D eigenvalue weighted by atomic mass is 9.89. The summed E-state index contributed by atoms with van der Waals surface area (Å²) in [6.07, 6.45) is -5.40. The lowest BCUT2D eigenvalue weighted by molar-refractivity contribution is -0.153. The van der Waals surface area contributed by atoms with Gasteiger partial charge >= 0.3 is 6.18 Å². The number of halogens is 3. The van der Waals surface area contributed by atoms with Crippen LogP contribution in [-0.2, 0) is 4.74 Å². The minimum absolute atomic E-state index is 0.222. The third-order valence-electron chi connectivity index (χ3n) is 1.88. The van der Waals surface area contributed by atoms with Crippen molar-refractivity contribution in [2.75, 3.05) is 13.2 Å². The molecule has 86 valence electrons. The fraction of sp³-hybridized carbons (Fsp3) is 1.00. The maximum atomic E-state index is 11.8. The van der Waals surface area contributed by atoms with E-state index in [0.29, 0.717) is 0 Å². The van der Waals surface area contributed by atoms with Gasteiger partial charge in [0.2, 0.25) is 0 Å². The van der Waals surface area contributed by atoms with Gasteiger partial charge in [-0.3, -0.25) is 0 Å². The van der Waals surface area contributed by atoms with E-state index in [1.165, 1.54) is 0 Å². The Morgan fingerprint density at radius 3 is 2.00 bits per heavy atom. The first-order chi connectivity index (χ1) is 6.17. The van der Waals surface area contributed by atoms with Crippen molar-refractivity contribution in [2.24, 2.45) is 11.1 Å². The molecule has 0 aromatic rings. The van der Waals surface area contributed by atoms with Crippen LogP contribution in [0.4, 0.5) is 13.2 Å². The van der Waals surface area contributed by atoms with E-state index in [1.54, 1.807) is 0 Å². The summed E-state index contributed by atoms with van der Waals surface area (Å²) in [6.45, 7) is 5.58. The maximum Gasteiger partial charge on any atom is 0.391 e. The molecule has 0 aliphatic rings. The third-order valence-corrected chi connectivity index (χ3v) is 1.88. The van der Waals surface area contributed by atoms with Gasteiger partial charge in [-0.1, -0.05) is 20.8 Å². The minimum Gasteiger partial charge on any atom is -0.376 e. The van der Waals surface area contributed by atoms with Gasteiger partial charge in [0.05, 0.1) is 19.1 Å². The molecule has 0 spiro atoms. The van der Waals surface area contributed by atoms with E-state index in [0.717, 1.165) is 0 Å². The number of alkyl halides is 3. The largest absolute Gasteiger partial charge is 0.391 e. The van der Waals surface area contributed by atoms with Crippen LogP contribution in [0.1, 0.15) is 27.2 Å². The number of nitrogens with two attached hydrogens (primary N) is 1. The topological polar surface area (TPSA) is 35.2 Å². The van der Waals surface area contributed by atoms with Crippen LogP contribution in [0.3, 0.4) is 0 Å². The van der Waals surface area contributed by atoms with E-state index in [1.807, 2.05) is 20.8 Å². The van der Waals surface area contributed by atoms with Gasteiger partial charge in [0.15, 0.2) is 0 Å². The van der Waals surface area contributed by atoms with E-state index in [2.05, 4.69) is 0 Å². The predicted molar refractivity (Wildman–Crippen MR) is 48.9 cm³/mol. The standard InChI is InChI=1S/C9H18F3NO/c1-8(2,3)7(6-13)14-5-4-9(10,11)12/h7H,4-6,13H2,1-3H3. The van der Waals surface area contributed by atoms with Gasteiger partial charge in [-0.05, 0) is 5.41 Å². The lowest BCUT2D eigenvalue weighted by Gasteiger charge is -2.29. The molecule has 1 unspecified atom stereocenters. The summed E-state index contributed by atoms with van der Waals surface area (Å²) < 4.78 is 40.5. The second-order valence-electron chi connectivity index (χ2n) is 4.33. The van der Waals surface area contributed by atoms with Gasteiger partial charge in [-0.15, -0.1) is 0 Å². The fourth-order valence-electron chi connectivity index (χ4n) is 0.989. The molecule has 0 saturated heterocycles. The summed E-state index contributed by atoms with van der Waals surface area (Å²) >= 11 is 0. The first kappa shape index (κ1) is 13.7. The molecule has 1 atom stereocenters. The van der Waals surface area contributed by atoms with E-state index in [4.69, 9.17) is 10.5 Å². The van der Waals surface area contributed by atoms with Gasteiger partial charge in [0, 0.05) is 6.54 Å². The van der Waals surface area contributed by atoms with Crippen molar-refractivity contribution in [3.8, 4) is 0 Å². The zero-order chi connectivity index (χ0) is 11.4. The van der Waals surface area contributed by atoms with E-state index >= 15 is 0 Å². The van der Waals surface area contributed by atoms with Crippen LogP contribution in [0, 0.1) is 5.41 Å². The molecule has 0 aromatic heterocycles. The Morgan fingerprint density at radius 1 is 1.21 bits per heavy atom. The van der Waals surface area contributed by atoms with Crippen LogP contribution in [-0.4, -0.2) is 25.4 Å². The van der Waals surface area contributed by atoms with Crippen molar-refractivity contribution < 1.29 is 17.9 Å². The average Bonchev–Trinajstić information content (AvgIpc) is 1.93. The molecule has 0 radical (unpaired) electrons. The zero-order valence-electron chi connectivity index (χ0n) is 8.82. The lowest BCUT2D eigenvalue weighted by Crippen LogP contribution is -2.37. The second-order valence-corrected chi connectivity index (χ2v) is 4.33. The van der Waals surface area contributed by atoms with Gasteiger partial charge in [-0.2, -0.15) is 13.2 Å². The number of hydrogen-bond donors (Lipinski definition) is 1. The Balaban J connectivity index is 3.87. The quantitative estimate of drug-likeness (QED) is 0.777. The van der Waals surface area contributed by atoms with Crippen LogP contribution in [0.15, 0.2) is 0 Å². The molecule has 0 saturated carbocycles. The zero-order valence-corrected chi connectivity index (χ0v) is 8.82. The molecular formula is C9H18F3NO. The molecule has 0 rings (SSSR count). The van der Waals surface area contributed by atoms with Crippen molar-refractivity contribution in [1.82, 2.24) is 0 Å². The Labute approximate surface area is 82.6 Å². The molecule has 0 aromatic carbocycles. The molecule has 0 heterocycles. The van der Waals surface area contributed by atoms with Crippen LogP contribution in [0.5, 0.6) is 0 Å². The third kappa shape index (κ3) is 6.21. The van der Waals surface area contributed by atoms with E-state index in [-0.39, 0.29) is 24.7 Å². The number of rotatable bonds is 4. The first-order valence-electron chi connectivity index (χ1n) is 4.55. The second kappa shape index (κ2) is 4.98. The van der Waals surface area contributed by atoms with Gasteiger partial charge < -0.3 is 10.5 Å². The Bertz CT molecular complexity index is 162. The molecule has 0 aliphatic carbocycles. The van der Waals surface area contributed by atoms with Crippen molar-refractivity contribution >= 4 is 0 Å². The summed E-state index contributed by atoms with van der Waals surface area (Å²) in [6, 6.07) is 0. The molecule has 2 N–H and O–H groups in total. The summed E-state index contributed by atoms with van der Waals surface area (Å²) in [5, 5.41) is 0. The van der Waals surface area contributed by atoms with Crippen LogP contribution in [0.2, 0.25) is 0 Å². The summed E-state index contributed by atoms with van der Waals surface area (Å²) in [5.41, 5.74) is 5.18. The minimum atomic E-state index is -4.16. The van der Waals surface area contributed by atoms with Crippen LogP contribution >= 0.6 is 0 Å². The summed E-state index contributed by atoms with van der Waals surface area (Å²) in [7, 11) is 0. The normalized spacial score (nSPS) is 15.6. The monoisotopic (exact) mass is 213 g/mol. The van der Waals surface area contributed by atoms with E-state index < -0.39 is 12.6 Å². The molecule has 0 amide bonds. The first-order valence-corrected chi connectivity index (χ1v) is 4.55. The van der Waals surface area contributed by atoms with Crippen molar-refractivity contribution in [2.45, 2.75) is 39.5 Å². The van der Waals surface area contributed by atoms with Crippen molar-refractivity contribution in [3.05, 3.63) is 0 Å². The van der Waals surface area contributed by atoms with Crippen molar-refractivity contribution in [1.29, 1.82) is 0 Å². The predicted octanol–water partition coefficient (Wildman–Crippen LogP) is 2.33. The van der Waals surface area contributed by atoms with Crippen LogP contribution in [0.25, 0.3) is 0 Å².